The summed E-state index contributed by atoms with van der Waals surface area (Å²) in [7, 11) is 1.96. The molecule has 1 amide bonds. The van der Waals surface area contributed by atoms with Crippen LogP contribution in [-0.2, 0) is 11.3 Å². The molecule has 0 saturated heterocycles. The van der Waals surface area contributed by atoms with Gasteiger partial charge in [-0.3, -0.25) is 4.79 Å². The summed E-state index contributed by atoms with van der Waals surface area (Å²) >= 11 is 4.05. The molecule has 2 unspecified atom stereocenters. The van der Waals surface area contributed by atoms with E-state index in [1.165, 1.54) is 44.1 Å². The first-order valence-corrected chi connectivity index (χ1v) is 9.72. The Bertz CT molecular complexity index is 585. The van der Waals surface area contributed by atoms with Crippen LogP contribution < -0.4 is 0 Å². The summed E-state index contributed by atoms with van der Waals surface area (Å²) in [6, 6.07) is 10.3. The summed E-state index contributed by atoms with van der Waals surface area (Å²) < 4.78 is 0.343. The van der Waals surface area contributed by atoms with Gasteiger partial charge < -0.3 is 4.90 Å². The molecule has 0 spiro atoms. The minimum Gasteiger partial charge on any atom is -0.341 e. The molecular formula is C20H26BrNO. The lowest BCUT2D eigenvalue weighted by Gasteiger charge is -2.60. The van der Waals surface area contributed by atoms with E-state index < -0.39 is 0 Å². The topological polar surface area (TPSA) is 20.3 Å². The molecule has 0 N–H and O–H groups in total. The minimum atomic E-state index is 0.273. The maximum Gasteiger partial charge on any atom is 0.223 e. The van der Waals surface area contributed by atoms with E-state index in [0.717, 1.165) is 24.8 Å². The number of nitrogens with zero attached hydrogens (tertiary/aromatic N) is 1. The fourth-order valence-electron chi connectivity index (χ4n) is 5.94. The SMILES string of the molecule is CN(Cc1ccccc1)C(=O)CC12CC3CC(CC(Br)(C3)C1)C2. The van der Waals surface area contributed by atoms with E-state index in [1.807, 2.05) is 30.1 Å². The normalized spacial score (nSPS) is 37.8. The minimum absolute atomic E-state index is 0.273. The smallest absolute Gasteiger partial charge is 0.223 e. The van der Waals surface area contributed by atoms with Gasteiger partial charge in [0.2, 0.25) is 5.91 Å². The number of carbonyl (C=O) groups is 1. The van der Waals surface area contributed by atoms with Gasteiger partial charge in [-0.05, 0) is 61.3 Å². The lowest BCUT2D eigenvalue weighted by Crippen LogP contribution is -2.54. The van der Waals surface area contributed by atoms with Gasteiger partial charge in [0.15, 0.2) is 0 Å². The van der Waals surface area contributed by atoms with Crippen LogP contribution in [0, 0.1) is 17.3 Å². The zero-order valence-electron chi connectivity index (χ0n) is 13.9. The number of rotatable bonds is 4. The molecule has 4 aliphatic rings. The van der Waals surface area contributed by atoms with Crippen molar-refractivity contribution in [2.24, 2.45) is 17.3 Å². The number of alkyl halides is 1. The Morgan fingerprint density at radius 2 is 1.83 bits per heavy atom. The lowest BCUT2D eigenvalue weighted by molar-refractivity contribution is -0.137. The van der Waals surface area contributed by atoms with Gasteiger partial charge >= 0.3 is 0 Å². The second-order valence-electron chi connectivity index (χ2n) is 8.52. The molecule has 4 fully saturated rings. The number of carbonyl (C=O) groups excluding carboxylic acids is 1. The van der Waals surface area contributed by atoms with Crippen LogP contribution in [0.1, 0.15) is 50.5 Å². The number of hydrogen-bond donors (Lipinski definition) is 0. The van der Waals surface area contributed by atoms with Gasteiger partial charge in [0.05, 0.1) is 0 Å². The average Bonchev–Trinajstić information content (AvgIpc) is 2.45. The molecule has 5 rings (SSSR count). The standard InChI is InChI=1S/C20H26BrNO/c1-22(13-15-5-3-2-4-6-15)18(23)12-19-8-16-7-17(9-19)11-20(21,10-16)14-19/h2-6,16-17H,7-14H2,1H3. The van der Waals surface area contributed by atoms with Gasteiger partial charge in [-0.1, -0.05) is 46.3 Å². The quantitative estimate of drug-likeness (QED) is 0.694. The van der Waals surface area contributed by atoms with Crippen molar-refractivity contribution < 1.29 is 4.79 Å². The van der Waals surface area contributed by atoms with Crippen molar-refractivity contribution in [1.82, 2.24) is 4.90 Å². The van der Waals surface area contributed by atoms with E-state index in [-0.39, 0.29) is 5.41 Å². The van der Waals surface area contributed by atoms with Crippen molar-refractivity contribution in [3.8, 4) is 0 Å². The van der Waals surface area contributed by atoms with Crippen molar-refractivity contribution in [3.05, 3.63) is 35.9 Å². The first-order valence-electron chi connectivity index (χ1n) is 8.92. The van der Waals surface area contributed by atoms with Crippen LogP contribution in [-0.4, -0.2) is 22.2 Å². The third-order valence-electron chi connectivity index (χ3n) is 6.33. The summed E-state index contributed by atoms with van der Waals surface area (Å²) in [4.78, 5) is 14.8. The lowest BCUT2D eigenvalue weighted by atomic mass is 9.48. The van der Waals surface area contributed by atoms with Gasteiger partial charge in [-0.15, -0.1) is 0 Å². The van der Waals surface area contributed by atoms with Crippen molar-refractivity contribution >= 4 is 21.8 Å². The molecule has 23 heavy (non-hydrogen) atoms. The maximum atomic E-state index is 12.8. The first-order chi connectivity index (χ1) is 11.0. The first kappa shape index (κ1) is 15.7. The number of hydrogen-bond acceptors (Lipinski definition) is 1. The molecule has 3 heteroatoms. The molecule has 0 radical (unpaired) electrons. The van der Waals surface area contributed by atoms with E-state index in [0.29, 0.717) is 10.2 Å². The molecule has 0 heterocycles. The monoisotopic (exact) mass is 375 g/mol. The van der Waals surface area contributed by atoms with Crippen LogP contribution in [0.5, 0.6) is 0 Å². The van der Waals surface area contributed by atoms with Gasteiger partial charge in [0, 0.05) is 24.3 Å². The molecular weight excluding hydrogens is 350 g/mol. The highest BCUT2D eigenvalue weighted by Gasteiger charge is 2.57. The largest absolute Gasteiger partial charge is 0.341 e. The van der Waals surface area contributed by atoms with Crippen LogP contribution >= 0.6 is 15.9 Å². The predicted octanol–water partition coefficient (Wildman–Crippen LogP) is 4.77. The molecule has 4 saturated carbocycles. The van der Waals surface area contributed by atoms with Gasteiger partial charge in [0.1, 0.15) is 0 Å². The molecule has 4 bridgehead atoms. The van der Waals surface area contributed by atoms with Crippen molar-refractivity contribution in [2.75, 3.05) is 7.05 Å². The van der Waals surface area contributed by atoms with Crippen molar-refractivity contribution in [2.45, 2.75) is 55.8 Å². The number of amides is 1. The number of benzene rings is 1. The Hall–Kier alpha value is -0.830. The van der Waals surface area contributed by atoms with Crippen molar-refractivity contribution in [3.63, 3.8) is 0 Å². The highest BCUT2D eigenvalue weighted by atomic mass is 79.9. The molecule has 2 nitrogen and oxygen atoms in total. The fourth-order valence-corrected chi connectivity index (χ4v) is 7.45. The molecule has 2 atom stereocenters. The Balaban J connectivity index is 1.44. The van der Waals surface area contributed by atoms with E-state index in [2.05, 4.69) is 28.1 Å². The Kier molecular flexibility index (Phi) is 3.83. The molecule has 1 aromatic carbocycles. The van der Waals surface area contributed by atoms with Crippen LogP contribution in [0.3, 0.4) is 0 Å². The highest BCUT2D eigenvalue weighted by molar-refractivity contribution is 9.10. The molecule has 0 aliphatic heterocycles. The Labute approximate surface area is 147 Å². The van der Waals surface area contributed by atoms with Crippen molar-refractivity contribution in [1.29, 1.82) is 0 Å². The summed E-state index contributed by atoms with van der Waals surface area (Å²) in [5.74, 6) is 2.03. The molecule has 124 valence electrons. The Morgan fingerprint density at radius 3 is 2.43 bits per heavy atom. The second kappa shape index (κ2) is 5.61. The molecule has 0 aromatic heterocycles. The number of halogens is 1. The van der Waals surface area contributed by atoms with Crippen LogP contribution in [0.2, 0.25) is 0 Å². The highest BCUT2D eigenvalue weighted by Crippen LogP contribution is 2.65. The summed E-state index contributed by atoms with van der Waals surface area (Å²) in [5.41, 5.74) is 1.49. The van der Waals surface area contributed by atoms with E-state index in [4.69, 9.17) is 0 Å². The summed E-state index contributed by atoms with van der Waals surface area (Å²) in [6.07, 6.45) is 8.58. The average molecular weight is 376 g/mol. The third kappa shape index (κ3) is 3.09. The Morgan fingerprint density at radius 1 is 1.17 bits per heavy atom. The second-order valence-corrected chi connectivity index (χ2v) is 10.2. The summed E-state index contributed by atoms with van der Waals surface area (Å²) in [6.45, 7) is 0.724. The zero-order valence-corrected chi connectivity index (χ0v) is 15.5. The van der Waals surface area contributed by atoms with Crippen LogP contribution in [0.4, 0.5) is 0 Å². The van der Waals surface area contributed by atoms with Gasteiger partial charge in [0.25, 0.3) is 0 Å². The van der Waals surface area contributed by atoms with Gasteiger partial charge in [-0.25, -0.2) is 0 Å². The van der Waals surface area contributed by atoms with Gasteiger partial charge in [-0.2, -0.15) is 0 Å². The molecule has 4 aliphatic carbocycles. The van der Waals surface area contributed by atoms with Crippen LogP contribution in [0.15, 0.2) is 30.3 Å². The van der Waals surface area contributed by atoms with Crippen LogP contribution in [0.25, 0.3) is 0 Å². The van der Waals surface area contributed by atoms with E-state index in [9.17, 15) is 4.79 Å². The summed E-state index contributed by atoms with van der Waals surface area (Å²) in [5, 5.41) is 0. The third-order valence-corrected chi connectivity index (χ3v) is 7.25. The van der Waals surface area contributed by atoms with E-state index >= 15 is 0 Å². The molecule has 1 aromatic rings. The van der Waals surface area contributed by atoms with E-state index in [1.54, 1.807) is 0 Å². The fraction of sp³-hybridized carbons (Fsp3) is 0.650. The maximum absolute atomic E-state index is 12.8. The predicted molar refractivity (Wildman–Crippen MR) is 96.3 cm³/mol. The zero-order chi connectivity index (χ0) is 16.1.